The van der Waals surface area contributed by atoms with Crippen LogP contribution in [0.4, 0.5) is 0 Å². The van der Waals surface area contributed by atoms with Gasteiger partial charge in [-0.3, -0.25) is 13.8 Å². The molecule has 0 aromatic heterocycles. The van der Waals surface area contributed by atoms with Crippen molar-refractivity contribution >= 4 is 13.8 Å². The molecule has 0 saturated carbocycles. The second-order valence-corrected chi connectivity index (χ2v) is 13.3. The van der Waals surface area contributed by atoms with E-state index in [1.165, 1.54) is 57.8 Å². The van der Waals surface area contributed by atoms with Gasteiger partial charge in [0.2, 0.25) is 0 Å². The third-order valence-electron chi connectivity index (χ3n) is 7.25. The lowest BCUT2D eigenvalue weighted by molar-refractivity contribution is -0.153. The first-order valence-corrected chi connectivity index (χ1v) is 19.8. The number of phosphoric acid groups is 1. The highest BCUT2D eigenvalue weighted by atomic mass is 31.2. The van der Waals surface area contributed by atoms with Crippen LogP contribution in [-0.2, 0) is 27.9 Å². The molecule has 3 unspecified atom stereocenters. The number of carbonyl (C=O) groups excluding carboxylic acids is 1. The maximum absolute atomic E-state index is 12.5. The summed E-state index contributed by atoms with van der Waals surface area (Å²) in [6.45, 7) is 3.24. The minimum atomic E-state index is -4.53. The molecule has 0 aromatic carbocycles. The molecule has 3 N–H and O–H groups in total. The van der Waals surface area contributed by atoms with Gasteiger partial charge in [0, 0.05) is 6.61 Å². The molecule has 0 saturated heterocycles. The van der Waals surface area contributed by atoms with E-state index in [4.69, 9.17) is 23.6 Å². The molecule has 0 amide bonds. The lowest BCUT2D eigenvalue weighted by atomic mass is 10.1. The second kappa shape index (κ2) is 35.0. The Bertz CT molecular complexity index is 929. The van der Waals surface area contributed by atoms with Crippen LogP contribution in [0.3, 0.4) is 0 Å². The summed E-state index contributed by atoms with van der Waals surface area (Å²) in [6, 6.07) is 0. The Morgan fingerprint density at radius 1 is 0.646 bits per heavy atom. The molecule has 0 rings (SSSR count). The number of hydrogen-bond acceptors (Lipinski definition) is 8. The van der Waals surface area contributed by atoms with Gasteiger partial charge in [-0.15, -0.1) is 0 Å². The summed E-state index contributed by atoms with van der Waals surface area (Å²) in [5, 5.41) is 18.3. The van der Waals surface area contributed by atoms with Crippen LogP contribution in [0.5, 0.6) is 0 Å². The van der Waals surface area contributed by atoms with E-state index in [9.17, 15) is 19.4 Å². The van der Waals surface area contributed by atoms with Crippen molar-refractivity contribution in [3.8, 4) is 0 Å². The predicted molar refractivity (Wildman–Crippen MR) is 196 cm³/mol. The molecule has 0 bridgehead atoms. The molecular weight excluding hydrogens is 631 g/mol. The molecule has 278 valence electrons. The first kappa shape index (κ1) is 46.2. The van der Waals surface area contributed by atoms with E-state index in [1.54, 1.807) is 6.08 Å². The third kappa shape index (κ3) is 34.0. The summed E-state index contributed by atoms with van der Waals surface area (Å²) in [7, 11) is -4.53. The van der Waals surface area contributed by atoms with Crippen molar-refractivity contribution in [1.82, 2.24) is 0 Å². The molecule has 0 aliphatic rings. The normalized spacial score (nSPS) is 15.0. The van der Waals surface area contributed by atoms with Crippen molar-refractivity contribution in [3.63, 3.8) is 0 Å². The third-order valence-corrected chi connectivity index (χ3v) is 8.20. The number of ether oxygens (including phenoxy) is 2. The van der Waals surface area contributed by atoms with Gasteiger partial charge < -0.3 is 24.6 Å². The van der Waals surface area contributed by atoms with Crippen LogP contribution in [0.2, 0.25) is 0 Å². The number of allylic oxidation sites excluding steroid dienone is 9. The fourth-order valence-corrected chi connectivity index (χ4v) is 5.28. The lowest BCUT2D eigenvalue weighted by Crippen LogP contribution is -2.28. The number of hydrogen-bond donors (Lipinski definition) is 3. The van der Waals surface area contributed by atoms with E-state index < -0.39 is 45.8 Å². The zero-order valence-corrected chi connectivity index (χ0v) is 30.8. The summed E-state index contributed by atoms with van der Waals surface area (Å²) in [6.07, 6.45) is 37.8. The van der Waals surface area contributed by atoms with Gasteiger partial charge in [-0.05, 0) is 38.5 Å². The molecule has 0 aliphatic heterocycles. The Balaban J connectivity index is 4.42. The molecule has 0 heterocycles. The van der Waals surface area contributed by atoms with E-state index >= 15 is 0 Å². The fourth-order valence-electron chi connectivity index (χ4n) is 4.49. The Morgan fingerprint density at radius 2 is 1.10 bits per heavy atom. The van der Waals surface area contributed by atoms with Crippen molar-refractivity contribution in [2.45, 2.75) is 142 Å². The van der Waals surface area contributed by atoms with Gasteiger partial charge in [-0.2, -0.15) is 0 Å². The first-order valence-electron chi connectivity index (χ1n) is 18.3. The Kier molecular flexibility index (Phi) is 33.7. The monoisotopic (exact) mass is 698 g/mol. The fraction of sp³-hybridized carbons (Fsp3) is 0.711. The lowest BCUT2D eigenvalue weighted by Gasteiger charge is -2.20. The second-order valence-electron chi connectivity index (χ2n) is 11.9. The minimum Gasteiger partial charge on any atom is -0.457 e. The van der Waals surface area contributed by atoms with Crippen molar-refractivity contribution in [2.75, 3.05) is 33.0 Å². The van der Waals surface area contributed by atoms with Gasteiger partial charge in [0.15, 0.2) is 0 Å². The predicted octanol–water partition coefficient (Wildman–Crippen LogP) is 9.24. The van der Waals surface area contributed by atoms with Crippen molar-refractivity contribution in [3.05, 3.63) is 60.8 Å². The number of aliphatic hydroxyl groups is 2. The highest BCUT2D eigenvalue weighted by Gasteiger charge is 2.26. The Labute approximate surface area is 291 Å². The maximum Gasteiger partial charge on any atom is 0.472 e. The molecular formula is C38H67O9P. The van der Waals surface area contributed by atoms with Crippen molar-refractivity contribution in [1.29, 1.82) is 0 Å². The Hall–Kier alpha value is -1.84. The number of phosphoric ester groups is 1. The smallest absolute Gasteiger partial charge is 0.457 e. The number of rotatable bonds is 34. The molecule has 9 nitrogen and oxygen atoms in total. The summed E-state index contributed by atoms with van der Waals surface area (Å²) in [5.41, 5.74) is 0. The van der Waals surface area contributed by atoms with Gasteiger partial charge in [-0.25, -0.2) is 4.57 Å². The zero-order valence-electron chi connectivity index (χ0n) is 29.9. The van der Waals surface area contributed by atoms with Crippen LogP contribution in [0, 0.1) is 0 Å². The summed E-state index contributed by atoms with van der Waals surface area (Å²) >= 11 is 0. The maximum atomic E-state index is 12.5. The van der Waals surface area contributed by atoms with Crippen molar-refractivity contribution in [2.24, 2.45) is 0 Å². The van der Waals surface area contributed by atoms with Crippen LogP contribution < -0.4 is 0 Å². The number of aliphatic hydroxyl groups excluding tert-OH is 2. The van der Waals surface area contributed by atoms with E-state index in [2.05, 4.69) is 56.4 Å². The van der Waals surface area contributed by atoms with Crippen LogP contribution in [0.1, 0.15) is 129 Å². The summed E-state index contributed by atoms with van der Waals surface area (Å²) in [4.78, 5) is 22.4. The quantitative estimate of drug-likeness (QED) is 0.0260. The minimum absolute atomic E-state index is 0.00863. The molecule has 48 heavy (non-hydrogen) atoms. The highest BCUT2D eigenvalue weighted by molar-refractivity contribution is 7.47. The standard InChI is InChI=1S/C38H67O9P/c1-3-5-7-9-11-13-15-17-18-19-20-22-24-26-28-30-38(41)47-37(35-46-48(42,43)45-33-36(40)32-39)34-44-31-29-27-25-23-21-16-14-12-10-8-6-4-2/h5,7,11,13,17-18,20,22,26,28,36-37,39-40H,3-4,6,8-10,12,14-16,19,21,23-25,27,29-35H2,1-2H3,(H,42,43)/b7-5-,13-11-,18-17-,22-20-,28-26-. The average molecular weight is 699 g/mol. The van der Waals surface area contributed by atoms with Crippen molar-refractivity contribution < 1.29 is 43.0 Å². The molecule has 0 fully saturated rings. The molecule has 0 spiro atoms. The first-order chi connectivity index (χ1) is 23.3. The van der Waals surface area contributed by atoms with E-state index in [0.717, 1.165) is 44.9 Å². The van der Waals surface area contributed by atoms with Crippen LogP contribution in [-0.4, -0.2) is 66.3 Å². The van der Waals surface area contributed by atoms with Gasteiger partial charge in [0.25, 0.3) is 0 Å². The van der Waals surface area contributed by atoms with Crippen LogP contribution in [0.25, 0.3) is 0 Å². The summed E-state index contributed by atoms with van der Waals surface area (Å²) in [5.74, 6) is -0.511. The van der Waals surface area contributed by atoms with Gasteiger partial charge in [-0.1, -0.05) is 145 Å². The van der Waals surface area contributed by atoms with E-state index in [0.29, 0.717) is 13.0 Å². The van der Waals surface area contributed by atoms with Gasteiger partial charge >= 0.3 is 13.8 Å². The SMILES string of the molecule is CC/C=C\C/C=C\C/C=C\C/C=C\C/C=C\CC(=O)OC(COCCCCCCCCCCCCCC)COP(=O)(O)OCC(O)CO. The molecule has 0 aliphatic carbocycles. The largest absolute Gasteiger partial charge is 0.472 e. The highest BCUT2D eigenvalue weighted by Crippen LogP contribution is 2.43. The topological polar surface area (TPSA) is 132 Å². The Morgan fingerprint density at radius 3 is 1.60 bits per heavy atom. The number of esters is 1. The molecule has 0 radical (unpaired) electrons. The van der Waals surface area contributed by atoms with Crippen LogP contribution >= 0.6 is 7.82 Å². The van der Waals surface area contributed by atoms with Gasteiger partial charge in [0.05, 0.1) is 32.8 Å². The molecule has 0 aromatic rings. The number of carbonyl (C=O) groups is 1. The van der Waals surface area contributed by atoms with E-state index in [-0.39, 0.29) is 13.0 Å². The molecule has 3 atom stereocenters. The van der Waals surface area contributed by atoms with E-state index in [1.807, 2.05) is 12.2 Å². The average Bonchev–Trinajstić information content (AvgIpc) is 3.07. The van der Waals surface area contributed by atoms with Gasteiger partial charge in [0.1, 0.15) is 12.2 Å². The summed E-state index contributed by atoms with van der Waals surface area (Å²) < 4.78 is 33.0. The zero-order chi connectivity index (χ0) is 35.4. The van der Waals surface area contributed by atoms with Crippen LogP contribution in [0.15, 0.2) is 60.8 Å². The molecule has 10 heteroatoms. The number of unbranched alkanes of at least 4 members (excludes halogenated alkanes) is 11.